The molecule has 5 heteroatoms. The summed E-state index contributed by atoms with van der Waals surface area (Å²) in [6.45, 7) is 9.01. The van der Waals surface area contributed by atoms with Gasteiger partial charge in [-0.15, -0.1) is 0 Å². The summed E-state index contributed by atoms with van der Waals surface area (Å²) in [6.07, 6.45) is 0.364. The van der Waals surface area contributed by atoms with Crippen molar-refractivity contribution in [1.82, 2.24) is 4.90 Å². The number of ether oxygens (including phenoxy) is 2. The summed E-state index contributed by atoms with van der Waals surface area (Å²) in [4.78, 5) is 27.4. The van der Waals surface area contributed by atoms with Crippen LogP contribution in [-0.4, -0.2) is 48.2 Å². The van der Waals surface area contributed by atoms with E-state index in [1.165, 1.54) is 0 Å². The Kier molecular flexibility index (Phi) is 4.87. The average Bonchev–Trinajstić information content (AvgIpc) is 2.57. The van der Waals surface area contributed by atoms with Crippen LogP contribution in [0.25, 0.3) is 0 Å². The third-order valence-electron chi connectivity index (χ3n) is 4.96. The molecule has 5 nitrogen and oxygen atoms in total. The van der Waals surface area contributed by atoms with E-state index in [4.69, 9.17) is 9.47 Å². The van der Waals surface area contributed by atoms with E-state index in [-0.39, 0.29) is 29.8 Å². The number of hydrogen-bond acceptors (Lipinski definition) is 4. The lowest BCUT2D eigenvalue weighted by molar-refractivity contribution is -0.0449. The second-order valence-corrected chi connectivity index (χ2v) is 8.01. The molecule has 3 atom stereocenters. The van der Waals surface area contributed by atoms with Crippen molar-refractivity contribution >= 4 is 11.9 Å². The first-order valence-electron chi connectivity index (χ1n) is 8.98. The van der Waals surface area contributed by atoms with Gasteiger partial charge >= 0.3 is 6.09 Å². The molecule has 1 aliphatic heterocycles. The predicted octanol–water partition coefficient (Wildman–Crippen LogP) is 3.63. The summed E-state index contributed by atoms with van der Waals surface area (Å²) >= 11 is 0. The first-order valence-corrected chi connectivity index (χ1v) is 8.98. The number of carbonyl (C=O) groups excluding carboxylic acids is 2. The van der Waals surface area contributed by atoms with Crippen LogP contribution in [0.4, 0.5) is 4.79 Å². The highest BCUT2D eigenvalue weighted by Crippen LogP contribution is 2.38. The number of Topliss-reactive ketones (excluding diaryl/α,β-unsaturated/α-hetero) is 1. The van der Waals surface area contributed by atoms with Gasteiger partial charge in [0.2, 0.25) is 0 Å². The second-order valence-electron chi connectivity index (χ2n) is 8.01. The Bertz CT molecular complexity index is 664. The van der Waals surface area contributed by atoms with E-state index in [0.29, 0.717) is 19.8 Å². The van der Waals surface area contributed by atoms with Crippen LogP contribution in [0.1, 0.15) is 56.0 Å². The standard InChI is InChI=1S/C20H27NO4/c1-13-11-16(18(22)15-8-6-5-7-14(13)15)17-12-24-10-9-21(17)19(23)25-20(2,3)4/h5-8,13,16-17H,9-12H2,1-4H3. The normalized spacial score (nSPS) is 27.0. The van der Waals surface area contributed by atoms with Gasteiger partial charge in [0.1, 0.15) is 5.60 Å². The molecule has 2 aliphatic rings. The van der Waals surface area contributed by atoms with Crippen LogP contribution in [0.2, 0.25) is 0 Å². The van der Waals surface area contributed by atoms with E-state index >= 15 is 0 Å². The molecule has 3 rings (SSSR count). The number of ketones is 1. The van der Waals surface area contributed by atoms with Gasteiger partial charge in [0.05, 0.1) is 19.3 Å². The first-order chi connectivity index (χ1) is 11.8. The summed E-state index contributed by atoms with van der Waals surface area (Å²) in [5, 5.41) is 0. The lowest BCUT2D eigenvalue weighted by atomic mass is 9.73. The molecule has 0 spiro atoms. The maximum Gasteiger partial charge on any atom is 0.410 e. The molecular formula is C20H27NO4. The van der Waals surface area contributed by atoms with E-state index in [2.05, 4.69) is 6.92 Å². The van der Waals surface area contributed by atoms with Gasteiger partial charge in [-0.3, -0.25) is 9.69 Å². The molecule has 1 aromatic carbocycles. The van der Waals surface area contributed by atoms with Gasteiger partial charge in [0.25, 0.3) is 0 Å². The Morgan fingerprint density at radius 3 is 2.72 bits per heavy atom. The lowest BCUT2D eigenvalue weighted by Gasteiger charge is -2.42. The number of nitrogens with zero attached hydrogens (tertiary/aromatic N) is 1. The van der Waals surface area contributed by atoms with E-state index in [0.717, 1.165) is 17.5 Å². The van der Waals surface area contributed by atoms with Crippen molar-refractivity contribution in [2.75, 3.05) is 19.8 Å². The largest absolute Gasteiger partial charge is 0.444 e. The smallest absolute Gasteiger partial charge is 0.410 e. The number of hydrogen-bond donors (Lipinski definition) is 0. The van der Waals surface area contributed by atoms with Gasteiger partial charge in [0.15, 0.2) is 5.78 Å². The van der Waals surface area contributed by atoms with Crippen molar-refractivity contribution in [2.45, 2.75) is 51.7 Å². The van der Waals surface area contributed by atoms with Crippen molar-refractivity contribution in [2.24, 2.45) is 5.92 Å². The van der Waals surface area contributed by atoms with Crippen LogP contribution in [0.3, 0.4) is 0 Å². The van der Waals surface area contributed by atoms with Gasteiger partial charge in [-0.1, -0.05) is 31.2 Å². The fourth-order valence-electron chi connectivity index (χ4n) is 3.80. The summed E-state index contributed by atoms with van der Waals surface area (Å²) in [5.74, 6) is 0.136. The fraction of sp³-hybridized carbons (Fsp3) is 0.600. The number of rotatable bonds is 1. The van der Waals surface area contributed by atoms with Crippen LogP contribution >= 0.6 is 0 Å². The minimum atomic E-state index is -0.559. The molecule has 0 aromatic heterocycles. The zero-order chi connectivity index (χ0) is 18.2. The molecule has 1 amide bonds. The zero-order valence-corrected chi connectivity index (χ0v) is 15.5. The Morgan fingerprint density at radius 1 is 1.28 bits per heavy atom. The molecule has 1 heterocycles. The van der Waals surface area contributed by atoms with E-state index in [1.54, 1.807) is 4.90 Å². The van der Waals surface area contributed by atoms with Crippen molar-refractivity contribution in [3.8, 4) is 0 Å². The molecular weight excluding hydrogens is 318 g/mol. The van der Waals surface area contributed by atoms with Crippen LogP contribution in [-0.2, 0) is 9.47 Å². The molecule has 0 radical (unpaired) electrons. The quantitative estimate of drug-likeness (QED) is 0.780. The van der Waals surface area contributed by atoms with Gasteiger partial charge in [-0.25, -0.2) is 4.79 Å². The van der Waals surface area contributed by atoms with Crippen LogP contribution < -0.4 is 0 Å². The molecule has 136 valence electrons. The highest BCUT2D eigenvalue weighted by molar-refractivity contribution is 6.01. The monoisotopic (exact) mass is 345 g/mol. The van der Waals surface area contributed by atoms with E-state index in [1.807, 2.05) is 45.0 Å². The van der Waals surface area contributed by atoms with Crippen molar-refractivity contribution in [1.29, 1.82) is 0 Å². The molecule has 1 fully saturated rings. The Hall–Kier alpha value is -1.88. The summed E-state index contributed by atoms with van der Waals surface area (Å²) in [5.41, 5.74) is 1.32. The van der Waals surface area contributed by atoms with Crippen LogP contribution in [0.5, 0.6) is 0 Å². The molecule has 0 saturated carbocycles. The SMILES string of the molecule is CC1CC(C2COCCN2C(=O)OC(C)(C)C)C(=O)c2ccccc21. The number of morpholine rings is 1. The molecule has 1 aliphatic carbocycles. The third kappa shape index (κ3) is 3.71. The zero-order valence-electron chi connectivity index (χ0n) is 15.5. The highest BCUT2D eigenvalue weighted by atomic mass is 16.6. The third-order valence-corrected chi connectivity index (χ3v) is 4.96. The molecule has 1 aromatic rings. The van der Waals surface area contributed by atoms with Gasteiger partial charge < -0.3 is 9.47 Å². The van der Waals surface area contributed by atoms with Gasteiger partial charge in [0, 0.05) is 18.0 Å². The number of benzene rings is 1. The highest BCUT2D eigenvalue weighted by Gasteiger charge is 2.42. The maximum absolute atomic E-state index is 13.1. The van der Waals surface area contributed by atoms with Crippen molar-refractivity contribution in [3.05, 3.63) is 35.4 Å². The van der Waals surface area contributed by atoms with Crippen molar-refractivity contribution in [3.63, 3.8) is 0 Å². The van der Waals surface area contributed by atoms with Gasteiger partial charge in [-0.05, 0) is 38.7 Å². The molecule has 0 bridgehead atoms. The molecule has 25 heavy (non-hydrogen) atoms. The lowest BCUT2D eigenvalue weighted by Crippen LogP contribution is -2.55. The Morgan fingerprint density at radius 2 is 2.00 bits per heavy atom. The summed E-state index contributed by atoms with van der Waals surface area (Å²) < 4.78 is 11.2. The Balaban J connectivity index is 1.86. The molecule has 0 N–H and O–H groups in total. The topological polar surface area (TPSA) is 55.8 Å². The number of carbonyl (C=O) groups is 2. The van der Waals surface area contributed by atoms with Crippen molar-refractivity contribution < 1.29 is 19.1 Å². The first kappa shape index (κ1) is 17.9. The van der Waals surface area contributed by atoms with Crippen LogP contribution in [0.15, 0.2) is 24.3 Å². The molecule has 3 unspecified atom stereocenters. The number of amides is 1. The second kappa shape index (κ2) is 6.79. The minimum absolute atomic E-state index is 0.109. The maximum atomic E-state index is 13.1. The van der Waals surface area contributed by atoms with E-state index in [9.17, 15) is 9.59 Å². The van der Waals surface area contributed by atoms with E-state index < -0.39 is 5.60 Å². The number of fused-ring (bicyclic) bond motifs is 1. The predicted molar refractivity (Wildman–Crippen MR) is 94.8 cm³/mol. The van der Waals surface area contributed by atoms with Crippen LogP contribution in [0, 0.1) is 5.92 Å². The summed E-state index contributed by atoms with van der Waals surface area (Å²) in [6, 6.07) is 7.51. The molecule has 1 saturated heterocycles. The average molecular weight is 345 g/mol. The van der Waals surface area contributed by atoms with Gasteiger partial charge in [-0.2, -0.15) is 0 Å². The minimum Gasteiger partial charge on any atom is -0.444 e. The Labute approximate surface area is 149 Å². The summed E-state index contributed by atoms with van der Waals surface area (Å²) in [7, 11) is 0. The fourth-order valence-corrected chi connectivity index (χ4v) is 3.80.